The maximum Gasteiger partial charge on any atom is 0.275 e. The first-order valence-corrected chi connectivity index (χ1v) is 8.61. The standard InChI is InChI=1S/C17H24N6O2/c1-3-7-21(2)16(24)14-13-25-15(20-14)12-22-8-10-23(11-9-22)17-18-5-4-6-19-17/h4-6,13H,3,7-12H2,1-2H3. The molecule has 1 aliphatic rings. The first kappa shape index (κ1) is 17.3. The molecule has 0 unspecified atom stereocenters. The molecule has 8 heteroatoms. The lowest BCUT2D eigenvalue weighted by molar-refractivity contribution is 0.0789. The van der Waals surface area contributed by atoms with E-state index in [1.54, 1.807) is 24.3 Å². The van der Waals surface area contributed by atoms with E-state index in [2.05, 4.69) is 24.8 Å². The molecule has 0 radical (unpaired) electrons. The topological polar surface area (TPSA) is 78.6 Å². The fourth-order valence-electron chi connectivity index (χ4n) is 2.87. The number of rotatable bonds is 6. The zero-order chi connectivity index (χ0) is 17.6. The van der Waals surface area contributed by atoms with E-state index < -0.39 is 0 Å². The third-order valence-electron chi connectivity index (χ3n) is 4.24. The Labute approximate surface area is 147 Å². The predicted octanol–water partition coefficient (Wildman–Crippen LogP) is 1.27. The zero-order valence-corrected chi connectivity index (χ0v) is 14.8. The maximum atomic E-state index is 12.2. The van der Waals surface area contributed by atoms with Crippen LogP contribution in [0, 0.1) is 0 Å². The van der Waals surface area contributed by atoms with Crippen molar-refractivity contribution in [2.24, 2.45) is 0 Å². The number of hydrogen-bond acceptors (Lipinski definition) is 7. The highest BCUT2D eigenvalue weighted by Gasteiger charge is 2.21. The minimum Gasteiger partial charge on any atom is -0.447 e. The minimum atomic E-state index is -0.0945. The average molecular weight is 344 g/mol. The van der Waals surface area contributed by atoms with Gasteiger partial charge in [-0.25, -0.2) is 15.0 Å². The van der Waals surface area contributed by atoms with Crippen LogP contribution in [0.15, 0.2) is 29.1 Å². The molecule has 0 atom stereocenters. The smallest absolute Gasteiger partial charge is 0.275 e. The molecule has 0 spiro atoms. The number of carbonyl (C=O) groups excluding carboxylic acids is 1. The van der Waals surface area contributed by atoms with Crippen LogP contribution in [0.4, 0.5) is 5.95 Å². The lowest BCUT2D eigenvalue weighted by Crippen LogP contribution is -2.46. The van der Waals surface area contributed by atoms with E-state index in [-0.39, 0.29) is 5.91 Å². The van der Waals surface area contributed by atoms with Gasteiger partial charge in [0.1, 0.15) is 6.26 Å². The Morgan fingerprint density at radius 1 is 1.24 bits per heavy atom. The molecule has 134 valence electrons. The van der Waals surface area contributed by atoms with Crippen LogP contribution in [0.25, 0.3) is 0 Å². The van der Waals surface area contributed by atoms with Crippen molar-refractivity contribution < 1.29 is 9.21 Å². The van der Waals surface area contributed by atoms with Crippen LogP contribution < -0.4 is 4.90 Å². The van der Waals surface area contributed by atoms with Crippen LogP contribution in [0.5, 0.6) is 0 Å². The monoisotopic (exact) mass is 344 g/mol. The SMILES string of the molecule is CCCN(C)C(=O)c1coc(CN2CCN(c3ncccn3)CC2)n1. The predicted molar refractivity (Wildman–Crippen MR) is 93.3 cm³/mol. The van der Waals surface area contributed by atoms with Crippen LogP contribution >= 0.6 is 0 Å². The summed E-state index contributed by atoms with van der Waals surface area (Å²) in [4.78, 5) is 31.2. The summed E-state index contributed by atoms with van der Waals surface area (Å²) in [6, 6.07) is 1.82. The second kappa shape index (κ2) is 8.06. The first-order chi connectivity index (χ1) is 12.2. The molecule has 2 aromatic heterocycles. The van der Waals surface area contributed by atoms with Crippen LogP contribution in [0.2, 0.25) is 0 Å². The molecule has 0 bridgehead atoms. The van der Waals surface area contributed by atoms with E-state index in [0.717, 1.165) is 38.5 Å². The summed E-state index contributed by atoms with van der Waals surface area (Å²) in [7, 11) is 1.78. The van der Waals surface area contributed by atoms with Gasteiger partial charge in [0.2, 0.25) is 11.8 Å². The molecule has 1 amide bonds. The summed E-state index contributed by atoms with van der Waals surface area (Å²) in [5.41, 5.74) is 0.377. The Bertz CT molecular complexity index is 681. The van der Waals surface area contributed by atoms with Gasteiger partial charge in [-0.15, -0.1) is 0 Å². The molecule has 25 heavy (non-hydrogen) atoms. The highest BCUT2D eigenvalue weighted by Crippen LogP contribution is 2.13. The van der Waals surface area contributed by atoms with Crippen molar-refractivity contribution in [2.45, 2.75) is 19.9 Å². The van der Waals surface area contributed by atoms with Gasteiger partial charge >= 0.3 is 0 Å². The molecule has 1 fully saturated rings. The molecule has 8 nitrogen and oxygen atoms in total. The summed E-state index contributed by atoms with van der Waals surface area (Å²) in [6.45, 7) is 6.82. The molecular formula is C17H24N6O2. The highest BCUT2D eigenvalue weighted by molar-refractivity contribution is 5.91. The van der Waals surface area contributed by atoms with E-state index >= 15 is 0 Å². The molecule has 2 aromatic rings. The van der Waals surface area contributed by atoms with Crippen LogP contribution in [-0.4, -0.2) is 70.4 Å². The third kappa shape index (κ3) is 4.33. The summed E-state index contributed by atoms with van der Waals surface area (Å²) in [5, 5.41) is 0. The molecule has 1 saturated heterocycles. The van der Waals surface area contributed by atoms with Crippen molar-refractivity contribution in [1.82, 2.24) is 24.8 Å². The molecule has 0 aliphatic carbocycles. The summed E-state index contributed by atoms with van der Waals surface area (Å²) in [5.74, 6) is 1.26. The largest absolute Gasteiger partial charge is 0.447 e. The number of hydrogen-bond donors (Lipinski definition) is 0. The molecule has 0 N–H and O–H groups in total. The number of piperazine rings is 1. The lowest BCUT2D eigenvalue weighted by atomic mass is 10.3. The Kier molecular flexibility index (Phi) is 5.60. The van der Waals surface area contributed by atoms with Crippen LogP contribution in [-0.2, 0) is 6.54 Å². The van der Waals surface area contributed by atoms with E-state index in [9.17, 15) is 4.79 Å². The second-order valence-corrected chi connectivity index (χ2v) is 6.17. The Balaban J connectivity index is 1.52. The van der Waals surface area contributed by atoms with Crippen molar-refractivity contribution >= 4 is 11.9 Å². The zero-order valence-electron chi connectivity index (χ0n) is 14.8. The Morgan fingerprint density at radius 3 is 2.64 bits per heavy atom. The van der Waals surface area contributed by atoms with Gasteiger partial charge in [-0.1, -0.05) is 6.92 Å². The molecule has 3 rings (SSSR count). The average Bonchev–Trinajstić information content (AvgIpc) is 3.11. The molecule has 0 aromatic carbocycles. The summed E-state index contributed by atoms with van der Waals surface area (Å²) < 4.78 is 5.49. The van der Waals surface area contributed by atoms with Gasteiger partial charge in [-0.2, -0.15) is 0 Å². The summed E-state index contributed by atoms with van der Waals surface area (Å²) >= 11 is 0. The molecule has 3 heterocycles. The van der Waals surface area contributed by atoms with Gasteiger partial charge in [0.05, 0.1) is 6.54 Å². The van der Waals surface area contributed by atoms with E-state index in [1.165, 1.54) is 6.26 Å². The van der Waals surface area contributed by atoms with Crippen molar-refractivity contribution in [1.29, 1.82) is 0 Å². The van der Waals surface area contributed by atoms with E-state index in [4.69, 9.17) is 4.42 Å². The number of amides is 1. The normalized spacial score (nSPS) is 15.4. The maximum absolute atomic E-state index is 12.2. The number of aromatic nitrogens is 3. The van der Waals surface area contributed by atoms with Crippen molar-refractivity contribution in [2.75, 3.05) is 44.7 Å². The minimum absolute atomic E-state index is 0.0945. The number of oxazole rings is 1. The van der Waals surface area contributed by atoms with Crippen LogP contribution in [0.1, 0.15) is 29.7 Å². The summed E-state index contributed by atoms with van der Waals surface area (Å²) in [6.07, 6.45) is 5.89. The van der Waals surface area contributed by atoms with Crippen molar-refractivity contribution in [3.63, 3.8) is 0 Å². The molecule has 0 saturated carbocycles. The molecule has 1 aliphatic heterocycles. The quantitative estimate of drug-likeness (QED) is 0.781. The lowest BCUT2D eigenvalue weighted by Gasteiger charge is -2.33. The molecular weight excluding hydrogens is 320 g/mol. The van der Waals surface area contributed by atoms with E-state index in [0.29, 0.717) is 24.7 Å². The second-order valence-electron chi connectivity index (χ2n) is 6.17. The fraction of sp³-hybridized carbons (Fsp3) is 0.529. The number of nitrogens with zero attached hydrogens (tertiary/aromatic N) is 6. The Morgan fingerprint density at radius 2 is 1.96 bits per heavy atom. The van der Waals surface area contributed by atoms with E-state index in [1.807, 2.05) is 13.0 Å². The van der Waals surface area contributed by atoms with Crippen molar-refractivity contribution in [3.05, 3.63) is 36.3 Å². The van der Waals surface area contributed by atoms with Gasteiger partial charge < -0.3 is 14.2 Å². The number of anilines is 1. The number of carbonyl (C=O) groups is 1. The van der Waals surface area contributed by atoms with Gasteiger partial charge in [-0.3, -0.25) is 9.69 Å². The van der Waals surface area contributed by atoms with Gasteiger partial charge in [-0.05, 0) is 12.5 Å². The Hall–Kier alpha value is -2.48. The third-order valence-corrected chi connectivity index (χ3v) is 4.24. The van der Waals surface area contributed by atoms with Crippen molar-refractivity contribution in [3.8, 4) is 0 Å². The van der Waals surface area contributed by atoms with Gasteiger partial charge in [0, 0.05) is 52.2 Å². The fourth-order valence-corrected chi connectivity index (χ4v) is 2.87. The van der Waals surface area contributed by atoms with Gasteiger partial charge in [0.25, 0.3) is 5.91 Å². The van der Waals surface area contributed by atoms with Gasteiger partial charge in [0.15, 0.2) is 5.69 Å². The van der Waals surface area contributed by atoms with Crippen LogP contribution in [0.3, 0.4) is 0 Å². The first-order valence-electron chi connectivity index (χ1n) is 8.61. The highest BCUT2D eigenvalue weighted by atomic mass is 16.3.